The van der Waals surface area contributed by atoms with Crippen molar-refractivity contribution in [1.29, 1.82) is 0 Å². The van der Waals surface area contributed by atoms with E-state index in [0.29, 0.717) is 5.82 Å². The molecule has 2 heterocycles. The summed E-state index contributed by atoms with van der Waals surface area (Å²) < 4.78 is 1.36. The first-order chi connectivity index (χ1) is 9.00. The van der Waals surface area contributed by atoms with Crippen molar-refractivity contribution in [2.45, 2.75) is 45.7 Å². The summed E-state index contributed by atoms with van der Waals surface area (Å²) in [6.45, 7) is 4.42. The van der Waals surface area contributed by atoms with E-state index < -0.39 is 4.92 Å². The van der Waals surface area contributed by atoms with Crippen LogP contribution in [0, 0.1) is 17.0 Å². The molecule has 1 amide bonds. The van der Waals surface area contributed by atoms with E-state index in [1.165, 1.54) is 10.8 Å². The summed E-state index contributed by atoms with van der Waals surface area (Å²) in [5, 5.41) is 10.9. The molecule has 19 heavy (non-hydrogen) atoms. The topological polar surface area (TPSA) is 81.3 Å². The highest BCUT2D eigenvalue weighted by molar-refractivity contribution is 5.76. The number of likely N-dealkylation sites (tertiary alicyclic amines) is 1. The molecule has 1 fully saturated rings. The fourth-order valence-corrected chi connectivity index (χ4v) is 2.49. The van der Waals surface area contributed by atoms with Crippen molar-refractivity contribution in [3.05, 3.63) is 22.1 Å². The van der Waals surface area contributed by atoms with Gasteiger partial charge in [-0.1, -0.05) is 0 Å². The SMILES string of the molecule is Cc1ncc([N+](=O)[O-])n1CC(=O)N1CCCCC1C. The predicted octanol–water partition coefficient (Wildman–Crippen LogP) is 1.50. The van der Waals surface area contributed by atoms with Gasteiger partial charge in [0.2, 0.25) is 0 Å². The zero-order chi connectivity index (χ0) is 14.0. The number of nitrogens with zero attached hydrogens (tertiary/aromatic N) is 4. The van der Waals surface area contributed by atoms with Gasteiger partial charge in [-0.2, -0.15) is 0 Å². The number of nitro groups is 1. The van der Waals surface area contributed by atoms with E-state index in [4.69, 9.17) is 0 Å². The zero-order valence-electron chi connectivity index (χ0n) is 11.2. The van der Waals surface area contributed by atoms with Crippen molar-refractivity contribution < 1.29 is 9.72 Å². The Bertz CT molecular complexity index is 497. The lowest BCUT2D eigenvalue weighted by Gasteiger charge is -2.33. The molecule has 1 saturated heterocycles. The van der Waals surface area contributed by atoms with Crippen LogP contribution >= 0.6 is 0 Å². The van der Waals surface area contributed by atoms with Crippen LogP contribution in [0.3, 0.4) is 0 Å². The van der Waals surface area contributed by atoms with Gasteiger partial charge in [0.05, 0.1) is 0 Å². The summed E-state index contributed by atoms with van der Waals surface area (Å²) >= 11 is 0. The van der Waals surface area contributed by atoms with E-state index in [2.05, 4.69) is 4.98 Å². The lowest BCUT2D eigenvalue weighted by molar-refractivity contribution is -0.392. The van der Waals surface area contributed by atoms with Gasteiger partial charge in [0.15, 0.2) is 12.4 Å². The summed E-state index contributed by atoms with van der Waals surface area (Å²) in [5.41, 5.74) is 0. The molecule has 0 aromatic carbocycles. The molecule has 1 aliphatic rings. The minimum atomic E-state index is -0.507. The van der Waals surface area contributed by atoms with Crippen molar-refractivity contribution in [3.8, 4) is 0 Å². The Hall–Kier alpha value is -1.92. The van der Waals surface area contributed by atoms with Crippen LogP contribution in [0.15, 0.2) is 6.20 Å². The molecular formula is C12H18N4O3. The van der Waals surface area contributed by atoms with E-state index in [1.54, 1.807) is 6.92 Å². The molecule has 104 valence electrons. The quantitative estimate of drug-likeness (QED) is 0.613. The maximum Gasteiger partial charge on any atom is 0.343 e. The van der Waals surface area contributed by atoms with Crippen molar-refractivity contribution in [2.75, 3.05) is 6.54 Å². The van der Waals surface area contributed by atoms with Crippen LogP contribution in [-0.2, 0) is 11.3 Å². The first-order valence-electron chi connectivity index (χ1n) is 6.46. The number of imidazole rings is 1. The molecule has 0 spiro atoms. The van der Waals surface area contributed by atoms with Gasteiger partial charge in [0.25, 0.3) is 5.91 Å². The molecule has 0 aliphatic carbocycles. The third-order valence-electron chi connectivity index (χ3n) is 3.64. The van der Waals surface area contributed by atoms with Crippen LogP contribution in [0.25, 0.3) is 0 Å². The van der Waals surface area contributed by atoms with Crippen molar-refractivity contribution >= 4 is 11.7 Å². The first kappa shape index (κ1) is 13.5. The van der Waals surface area contributed by atoms with E-state index in [1.807, 2.05) is 11.8 Å². The normalized spacial score (nSPS) is 19.5. The second kappa shape index (κ2) is 5.38. The average Bonchev–Trinajstić information content (AvgIpc) is 2.71. The molecular weight excluding hydrogens is 248 g/mol. The number of amides is 1. The van der Waals surface area contributed by atoms with Crippen molar-refractivity contribution in [2.24, 2.45) is 0 Å². The Labute approximate surface area is 111 Å². The van der Waals surface area contributed by atoms with E-state index >= 15 is 0 Å². The molecule has 1 aromatic rings. The lowest BCUT2D eigenvalue weighted by atomic mass is 10.0. The molecule has 1 unspecified atom stereocenters. The van der Waals surface area contributed by atoms with Gasteiger partial charge in [0.1, 0.15) is 6.20 Å². The molecule has 1 atom stereocenters. The van der Waals surface area contributed by atoms with Crippen molar-refractivity contribution in [3.63, 3.8) is 0 Å². The van der Waals surface area contributed by atoms with Crippen LogP contribution in [-0.4, -0.2) is 37.9 Å². The second-order valence-electron chi connectivity index (χ2n) is 4.94. The molecule has 0 radical (unpaired) electrons. The van der Waals surface area contributed by atoms with Gasteiger partial charge in [-0.15, -0.1) is 0 Å². The van der Waals surface area contributed by atoms with Crippen molar-refractivity contribution in [1.82, 2.24) is 14.5 Å². The number of rotatable bonds is 3. The molecule has 1 aliphatic heterocycles. The summed E-state index contributed by atoms with van der Waals surface area (Å²) in [6.07, 6.45) is 4.33. The number of piperidine rings is 1. The summed E-state index contributed by atoms with van der Waals surface area (Å²) in [7, 11) is 0. The van der Waals surface area contributed by atoms with Crippen LogP contribution in [0.5, 0.6) is 0 Å². The van der Waals surface area contributed by atoms with Crippen LogP contribution in [0.4, 0.5) is 5.82 Å². The molecule has 2 rings (SSSR count). The maximum absolute atomic E-state index is 12.3. The summed E-state index contributed by atoms with van der Waals surface area (Å²) in [5.74, 6) is 0.289. The lowest BCUT2D eigenvalue weighted by Crippen LogP contribution is -2.43. The van der Waals surface area contributed by atoms with E-state index in [0.717, 1.165) is 25.8 Å². The minimum Gasteiger partial charge on any atom is -0.358 e. The van der Waals surface area contributed by atoms with E-state index in [9.17, 15) is 14.9 Å². The Morgan fingerprint density at radius 3 is 2.95 bits per heavy atom. The Morgan fingerprint density at radius 1 is 1.58 bits per heavy atom. The van der Waals surface area contributed by atoms with Gasteiger partial charge < -0.3 is 15.0 Å². The Balaban J connectivity index is 2.14. The highest BCUT2D eigenvalue weighted by Crippen LogP contribution is 2.19. The fourth-order valence-electron chi connectivity index (χ4n) is 2.49. The highest BCUT2D eigenvalue weighted by Gasteiger charge is 2.27. The van der Waals surface area contributed by atoms with Crippen LogP contribution in [0.2, 0.25) is 0 Å². The summed E-state index contributed by atoms with van der Waals surface area (Å²) in [4.78, 5) is 28.3. The van der Waals surface area contributed by atoms with E-state index in [-0.39, 0.29) is 24.3 Å². The third-order valence-corrected chi connectivity index (χ3v) is 3.64. The van der Waals surface area contributed by atoms with Crippen LogP contribution < -0.4 is 0 Å². The largest absolute Gasteiger partial charge is 0.358 e. The predicted molar refractivity (Wildman–Crippen MR) is 68.6 cm³/mol. The number of carbonyl (C=O) groups excluding carboxylic acids is 1. The fraction of sp³-hybridized carbons (Fsp3) is 0.667. The van der Waals surface area contributed by atoms with Gasteiger partial charge in [-0.25, -0.2) is 9.55 Å². The average molecular weight is 266 g/mol. The third kappa shape index (κ3) is 2.74. The molecule has 0 N–H and O–H groups in total. The zero-order valence-corrected chi connectivity index (χ0v) is 11.2. The van der Waals surface area contributed by atoms with Gasteiger partial charge in [-0.05, 0) is 31.1 Å². The molecule has 1 aromatic heterocycles. The van der Waals surface area contributed by atoms with Gasteiger partial charge in [-0.3, -0.25) is 4.79 Å². The summed E-state index contributed by atoms with van der Waals surface area (Å²) in [6, 6.07) is 0.212. The monoisotopic (exact) mass is 266 g/mol. The number of hydrogen-bond acceptors (Lipinski definition) is 4. The molecule has 7 heteroatoms. The number of aryl methyl sites for hydroxylation is 1. The van der Waals surface area contributed by atoms with Gasteiger partial charge in [0, 0.05) is 19.5 Å². The Morgan fingerprint density at radius 2 is 2.32 bits per heavy atom. The van der Waals surface area contributed by atoms with Gasteiger partial charge >= 0.3 is 5.82 Å². The smallest absolute Gasteiger partial charge is 0.343 e. The first-order valence-corrected chi connectivity index (χ1v) is 6.46. The maximum atomic E-state index is 12.3. The minimum absolute atomic E-state index is 0.00745. The second-order valence-corrected chi connectivity index (χ2v) is 4.94. The molecule has 7 nitrogen and oxygen atoms in total. The highest BCUT2D eigenvalue weighted by atomic mass is 16.6. The molecule has 0 saturated carbocycles. The number of hydrogen-bond donors (Lipinski definition) is 0. The molecule has 0 bridgehead atoms. The Kier molecular flexibility index (Phi) is 3.82. The number of carbonyl (C=O) groups is 1. The number of aromatic nitrogens is 2. The standard InChI is InChI=1S/C12H18N4O3/c1-9-5-3-4-6-14(9)12(17)8-15-10(2)13-7-11(15)16(18)19/h7,9H,3-6,8H2,1-2H3. The van der Waals surface area contributed by atoms with Crippen LogP contribution in [0.1, 0.15) is 32.0 Å².